The number of aryl methyl sites for hydroxylation is 1. The molecular weight excluding hydrogens is 290 g/mol. The Kier molecular flexibility index (Phi) is 5.54. The SMILES string of the molecule is CCc1nsc(SCCC(N)(CO)c2ccccc2)n1. The number of rotatable bonds is 7. The normalized spacial score (nSPS) is 14.2. The van der Waals surface area contributed by atoms with Crippen LogP contribution in [0.5, 0.6) is 0 Å². The monoisotopic (exact) mass is 309 g/mol. The third-order valence-electron chi connectivity index (χ3n) is 3.17. The molecule has 0 radical (unpaired) electrons. The number of thioether (sulfide) groups is 1. The van der Waals surface area contributed by atoms with Crippen LogP contribution in [0.2, 0.25) is 0 Å². The predicted octanol–water partition coefficient (Wildman–Crippen LogP) is 2.43. The average Bonchev–Trinajstić information content (AvgIpc) is 2.96. The van der Waals surface area contributed by atoms with Gasteiger partial charge in [-0.2, -0.15) is 4.37 Å². The Morgan fingerprint density at radius 2 is 2.10 bits per heavy atom. The van der Waals surface area contributed by atoms with E-state index in [2.05, 4.69) is 9.36 Å². The fourth-order valence-electron chi connectivity index (χ4n) is 1.85. The van der Waals surface area contributed by atoms with Crippen molar-refractivity contribution in [3.63, 3.8) is 0 Å². The molecule has 0 aliphatic rings. The van der Waals surface area contributed by atoms with Crippen molar-refractivity contribution in [2.75, 3.05) is 12.4 Å². The number of hydrogen-bond acceptors (Lipinski definition) is 6. The van der Waals surface area contributed by atoms with Gasteiger partial charge in [-0.1, -0.05) is 49.0 Å². The van der Waals surface area contributed by atoms with E-state index in [1.165, 1.54) is 11.5 Å². The Morgan fingerprint density at radius 3 is 2.70 bits per heavy atom. The maximum atomic E-state index is 9.62. The van der Waals surface area contributed by atoms with Crippen molar-refractivity contribution in [1.82, 2.24) is 9.36 Å². The lowest BCUT2D eigenvalue weighted by Crippen LogP contribution is -2.41. The molecule has 0 aliphatic heterocycles. The number of aromatic nitrogens is 2. The Bertz CT molecular complexity index is 532. The zero-order chi connectivity index (χ0) is 14.4. The summed E-state index contributed by atoms with van der Waals surface area (Å²) in [7, 11) is 0. The number of hydrogen-bond donors (Lipinski definition) is 2. The molecule has 1 atom stereocenters. The van der Waals surface area contributed by atoms with E-state index in [4.69, 9.17) is 5.73 Å². The van der Waals surface area contributed by atoms with Gasteiger partial charge in [-0.05, 0) is 23.5 Å². The lowest BCUT2D eigenvalue weighted by Gasteiger charge is -2.27. The number of benzene rings is 1. The van der Waals surface area contributed by atoms with Crippen molar-refractivity contribution in [3.05, 3.63) is 41.7 Å². The molecule has 1 unspecified atom stereocenters. The topological polar surface area (TPSA) is 72.0 Å². The van der Waals surface area contributed by atoms with E-state index in [0.29, 0.717) is 6.42 Å². The number of aliphatic hydroxyl groups is 1. The Balaban J connectivity index is 1.94. The van der Waals surface area contributed by atoms with E-state index < -0.39 is 5.54 Å². The first-order valence-electron chi connectivity index (χ1n) is 6.58. The summed E-state index contributed by atoms with van der Waals surface area (Å²) in [5.41, 5.74) is 6.60. The third-order valence-corrected chi connectivity index (χ3v) is 5.04. The van der Waals surface area contributed by atoms with Gasteiger partial charge in [-0.3, -0.25) is 0 Å². The van der Waals surface area contributed by atoms with E-state index in [1.807, 2.05) is 37.3 Å². The first-order chi connectivity index (χ1) is 9.68. The molecule has 1 aromatic carbocycles. The van der Waals surface area contributed by atoms with Crippen LogP contribution in [0.3, 0.4) is 0 Å². The van der Waals surface area contributed by atoms with Gasteiger partial charge < -0.3 is 10.8 Å². The third kappa shape index (κ3) is 3.79. The van der Waals surface area contributed by atoms with Gasteiger partial charge in [-0.15, -0.1) is 0 Å². The number of nitrogens with two attached hydrogens (primary N) is 1. The van der Waals surface area contributed by atoms with E-state index in [1.54, 1.807) is 11.8 Å². The molecule has 6 heteroatoms. The van der Waals surface area contributed by atoms with Gasteiger partial charge in [0.15, 0.2) is 4.34 Å². The fourth-order valence-corrected chi connectivity index (χ4v) is 3.73. The second-order valence-electron chi connectivity index (χ2n) is 4.61. The molecule has 0 saturated carbocycles. The molecule has 2 rings (SSSR count). The summed E-state index contributed by atoms with van der Waals surface area (Å²) in [6.07, 6.45) is 1.55. The second kappa shape index (κ2) is 7.17. The number of aliphatic hydroxyl groups excluding tert-OH is 1. The van der Waals surface area contributed by atoms with Crippen molar-refractivity contribution in [1.29, 1.82) is 0 Å². The summed E-state index contributed by atoms with van der Waals surface area (Å²) in [5.74, 6) is 1.70. The van der Waals surface area contributed by atoms with Crippen molar-refractivity contribution in [3.8, 4) is 0 Å². The molecule has 0 spiro atoms. The molecule has 20 heavy (non-hydrogen) atoms. The summed E-state index contributed by atoms with van der Waals surface area (Å²) < 4.78 is 5.22. The minimum atomic E-state index is -0.688. The highest BCUT2D eigenvalue weighted by Crippen LogP contribution is 2.27. The predicted molar refractivity (Wildman–Crippen MR) is 84.0 cm³/mol. The van der Waals surface area contributed by atoms with Crippen LogP contribution in [0, 0.1) is 0 Å². The van der Waals surface area contributed by atoms with Crippen LogP contribution in [0.25, 0.3) is 0 Å². The second-order valence-corrected chi connectivity index (χ2v) is 6.70. The van der Waals surface area contributed by atoms with Gasteiger partial charge in [-0.25, -0.2) is 4.98 Å². The summed E-state index contributed by atoms with van der Waals surface area (Å²) in [5, 5.41) is 9.62. The van der Waals surface area contributed by atoms with Crippen LogP contribution in [-0.2, 0) is 12.0 Å². The van der Waals surface area contributed by atoms with Crippen LogP contribution in [0.15, 0.2) is 34.7 Å². The molecular formula is C14H19N3OS2. The number of nitrogens with zero attached hydrogens (tertiary/aromatic N) is 2. The lowest BCUT2D eigenvalue weighted by molar-refractivity contribution is 0.193. The van der Waals surface area contributed by atoms with E-state index in [-0.39, 0.29) is 6.61 Å². The van der Waals surface area contributed by atoms with Crippen LogP contribution in [-0.4, -0.2) is 26.8 Å². The molecule has 0 bridgehead atoms. The van der Waals surface area contributed by atoms with Gasteiger partial charge in [0.2, 0.25) is 0 Å². The summed E-state index contributed by atoms with van der Waals surface area (Å²) in [4.78, 5) is 4.41. The van der Waals surface area contributed by atoms with Gasteiger partial charge in [0.1, 0.15) is 5.82 Å². The van der Waals surface area contributed by atoms with Crippen molar-refractivity contribution in [2.45, 2.75) is 29.6 Å². The first-order valence-corrected chi connectivity index (χ1v) is 8.34. The smallest absolute Gasteiger partial charge is 0.170 e. The first kappa shape index (κ1) is 15.4. The van der Waals surface area contributed by atoms with Crippen molar-refractivity contribution >= 4 is 23.3 Å². The van der Waals surface area contributed by atoms with Gasteiger partial charge >= 0.3 is 0 Å². The zero-order valence-corrected chi connectivity index (χ0v) is 13.1. The zero-order valence-electron chi connectivity index (χ0n) is 11.5. The maximum Gasteiger partial charge on any atom is 0.170 e. The molecule has 0 aliphatic carbocycles. The Morgan fingerprint density at radius 1 is 1.35 bits per heavy atom. The highest BCUT2D eigenvalue weighted by Gasteiger charge is 2.26. The van der Waals surface area contributed by atoms with E-state index in [9.17, 15) is 5.11 Å². The highest BCUT2D eigenvalue weighted by molar-refractivity contribution is 8.00. The molecule has 3 N–H and O–H groups in total. The summed E-state index contributed by atoms with van der Waals surface area (Å²) in [6, 6.07) is 9.75. The molecule has 0 amide bonds. The van der Waals surface area contributed by atoms with Crippen LogP contribution >= 0.6 is 23.3 Å². The van der Waals surface area contributed by atoms with Crippen LogP contribution in [0.4, 0.5) is 0 Å². The van der Waals surface area contributed by atoms with E-state index in [0.717, 1.165) is 27.9 Å². The maximum absolute atomic E-state index is 9.62. The molecule has 2 aromatic rings. The summed E-state index contributed by atoms with van der Waals surface area (Å²) >= 11 is 3.07. The van der Waals surface area contributed by atoms with Crippen LogP contribution < -0.4 is 5.73 Å². The van der Waals surface area contributed by atoms with Crippen molar-refractivity contribution < 1.29 is 5.11 Å². The van der Waals surface area contributed by atoms with E-state index >= 15 is 0 Å². The molecule has 0 fully saturated rings. The Hall–Kier alpha value is -0.950. The lowest BCUT2D eigenvalue weighted by atomic mass is 9.89. The largest absolute Gasteiger partial charge is 0.394 e. The Labute approximate surface area is 127 Å². The highest BCUT2D eigenvalue weighted by atomic mass is 32.2. The fraction of sp³-hybridized carbons (Fsp3) is 0.429. The minimum absolute atomic E-state index is 0.0616. The standard InChI is InChI=1S/C14H19N3OS2/c1-2-12-16-13(20-17-12)19-9-8-14(15,10-18)11-6-4-3-5-7-11/h3-7,18H,2,8-10,15H2,1H3. The molecule has 4 nitrogen and oxygen atoms in total. The van der Waals surface area contributed by atoms with Crippen molar-refractivity contribution in [2.24, 2.45) is 5.73 Å². The summed E-state index contributed by atoms with van der Waals surface area (Å²) in [6.45, 7) is 1.98. The van der Waals surface area contributed by atoms with Crippen LogP contribution in [0.1, 0.15) is 24.7 Å². The quantitative estimate of drug-likeness (QED) is 0.769. The molecule has 108 valence electrons. The van der Waals surface area contributed by atoms with Gasteiger partial charge in [0.25, 0.3) is 0 Å². The molecule has 1 aromatic heterocycles. The molecule has 1 heterocycles. The minimum Gasteiger partial charge on any atom is -0.394 e. The van der Waals surface area contributed by atoms with Gasteiger partial charge in [0, 0.05) is 12.2 Å². The average molecular weight is 309 g/mol. The van der Waals surface area contributed by atoms with Gasteiger partial charge in [0.05, 0.1) is 12.1 Å². The molecule has 0 saturated heterocycles.